The van der Waals surface area contributed by atoms with Gasteiger partial charge in [0.2, 0.25) is 0 Å². The van der Waals surface area contributed by atoms with Crippen LogP contribution in [-0.2, 0) is 5.41 Å². The summed E-state index contributed by atoms with van der Waals surface area (Å²) >= 11 is 0. The van der Waals surface area contributed by atoms with E-state index >= 15 is 0 Å². The van der Waals surface area contributed by atoms with Crippen molar-refractivity contribution in [3.8, 4) is 0 Å². The molecule has 0 atom stereocenters. The molecule has 0 N–H and O–H groups in total. The Morgan fingerprint density at radius 2 is 1.91 bits per heavy atom. The fourth-order valence-electron chi connectivity index (χ4n) is 0.872. The van der Waals surface area contributed by atoms with E-state index in [0.717, 1.165) is 5.56 Å². The Hall–Kier alpha value is -0.850. The molecule has 0 aliphatic heterocycles. The lowest BCUT2D eigenvalue weighted by atomic mass is 9.87. The van der Waals surface area contributed by atoms with Crippen molar-refractivity contribution in [1.29, 1.82) is 0 Å². The lowest BCUT2D eigenvalue weighted by Gasteiger charge is -2.18. The van der Waals surface area contributed by atoms with Crippen LogP contribution >= 0.6 is 0 Å². The fraction of sp³-hybridized carbons (Fsp3) is 0.400. The van der Waals surface area contributed by atoms with Crippen molar-refractivity contribution < 1.29 is 4.39 Å². The molecule has 1 aromatic rings. The van der Waals surface area contributed by atoms with Crippen molar-refractivity contribution in [3.63, 3.8) is 0 Å². The second kappa shape index (κ2) is 2.65. The molecule has 59 valence electrons. The molecular formula is C10H12F. The van der Waals surface area contributed by atoms with Crippen LogP contribution in [0.4, 0.5) is 4.39 Å². The topological polar surface area (TPSA) is 0 Å². The summed E-state index contributed by atoms with van der Waals surface area (Å²) in [6.45, 7) is 6.27. The van der Waals surface area contributed by atoms with Crippen LogP contribution in [0.3, 0.4) is 0 Å². The first-order valence-corrected chi connectivity index (χ1v) is 3.68. The van der Waals surface area contributed by atoms with Crippen LogP contribution in [0.25, 0.3) is 0 Å². The molecule has 0 nitrogen and oxygen atoms in total. The summed E-state index contributed by atoms with van der Waals surface area (Å²) in [5, 5.41) is 0. The molecule has 0 amide bonds. The minimum Gasteiger partial charge on any atom is -0.206 e. The highest BCUT2D eigenvalue weighted by atomic mass is 19.1. The van der Waals surface area contributed by atoms with E-state index in [0.29, 0.717) is 0 Å². The summed E-state index contributed by atoms with van der Waals surface area (Å²) in [5.41, 5.74) is 1.20. The van der Waals surface area contributed by atoms with Crippen LogP contribution < -0.4 is 0 Å². The van der Waals surface area contributed by atoms with Crippen molar-refractivity contribution in [3.05, 3.63) is 35.6 Å². The molecule has 1 aromatic carbocycles. The van der Waals surface area contributed by atoms with Crippen molar-refractivity contribution in [2.45, 2.75) is 26.2 Å². The maximum absolute atomic E-state index is 12.4. The highest BCUT2D eigenvalue weighted by Crippen LogP contribution is 2.21. The van der Waals surface area contributed by atoms with Gasteiger partial charge in [0, 0.05) is 6.07 Å². The van der Waals surface area contributed by atoms with Crippen LogP contribution in [0.5, 0.6) is 0 Å². The summed E-state index contributed by atoms with van der Waals surface area (Å²) in [5.74, 6) is -0.294. The second-order valence-corrected chi connectivity index (χ2v) is 3.68. The van der Waals surface area contributed by atoms with E-state index in [1.54, 1.807) is 12.1 Å². The third-order valence-electron chi connectivity index (χ3n) is 1.64. The van der Waals surface area contributed by atoms with Gasteiger partial charge >= 0.3 is 0 Å². The van der Waals surface area contributed by atoms with Gasteiger partial charge in [-0.3, -0.25) is 0 Å². The molecule has 1 heteroatoms. The average molecular weight is 151 g/mol. The Morgan fingerprint density at radius 1 is 1.27 bits per heavy atom. The third kappa shape index (κ3) is 2.04. The summed E-state index contributed by atoms with van der Waals surface area (Å²) < 4.78 is 12.4. The van der Waals surface area contributed by atoms with Crippen molar-refractivity contribution in [2.24, 2.45) is 0 Å². The minimum atomic E-state index is -0.294. The highest BCUT2D eigenvalue weighted by Gasteiger charge is 2.12. The van der Waals surface area contributed by atoms with Crippen LogP contribution in [0.15, 0.2) is 18.2 Å². The van der Waals surface area contributed by atoms with E-state index in [4.69, 9.17) is 0 Å². The number of hydrogen-bond donors (Lipinski definition) is 0. The van der Waals surface area contributed by atoms with E-state index in [-0.39, 0.29) is 11.2 Å². The van der Waals surface area contributed by atoms with Gasteiger partial charge in [0.1, 0.15) is 5.82 Å². The quantitative estimate of drug-likeness (QED) is 0.534. The lowest BCUT2D eigenvalue weighted by molar-refractivity contribution is 0.582. The van der Waals surface area contributed by atoms with Crippen LogP contribution in [0, 0.1) is 11.9 Å². The molecule has 0 unspecified atom stereocenters. The van der Waals surface area contributed by atoms with E-state index in [1.807, 2.05) is 0 Å². The molecule has 0 aliphatic rings. The van der Waals surface area contributed by atoms with Crippen molar-refractivity contribution in [2.75, 3.05) is 0 Å². The predicted octanol–water partition coefficient (Wildman–Crippen LogP) is 2.92. The molecule has 0 bridgehead atoms. The number of halogens is 1. The molecule has 11 heavy (non-hydrogen) atoms. The summed E-state index contributed by atoms with van der Waals surface area (Å²) in [6, 6.07) is 7.49. The maximum atomic E-state index is 12.4. The zero-order chi connectivity index (χ0) is 8.48. The lowest BCUT2D eigenvalue weighted by Crippen LogP contribution is -2.10. The van der Waals surface area contributed by atoms with Gasteiger partial charge in [0.05, 0.1) is 0 Å². The maximum Gasteiger partial charge on any atom is 0.131 e. The van der Waals surface area contributed by atoms with Gasteiger partial charge in [-0.1, -0.05) is 26.8 Å². The second-order valence-electron chi connectivity index (χ2n) is 3.68. The number of benzene rings is 1. The van der Waals surface area contributed by atoms with Gasteiger partial charge in [0.25, 0.3) is 0 Å². The molecule has 0 heterocycles. The molecule has 0 saturated heterocycles. The smallest absolute Gasteiger partial charge is 0.131 e. The Labute approximate surface area is 67.1 Å². The normalized spacial score (nSPS) is 11.6. The van der Waals surface area contributed by atoms with Crippen LogP contribution in [-0.4, -0.2) is 0 Å². The molecular weight excluding hydrogens is 139 g/mol. The van der Waals surface area contributed by atoms with Crippen LogP contribution in [0.2, 0.25) is 0 Å². The van der Waals surface area contributed by atoms with Gasteiger partial charge in [-0.2, -0.15) is 0 Å². The number of hydrogen-bond acceptors (Lipinski definition) is 0. The molecule has 0 saturated carbocycles. The third-order valence-corrected chi connectivity index (χ3v) is 1.64. The van der Waals surface area contributed by atoms with Gasteiger partial charge < -0.3 is 0 Å². The Balaban J connectivity index is 2.99. The Morgan fingerprint density at radius 3 is 2.27 bits per heavy atom. The Kier molecular flexibility index (Phi) is 1.99. The molecule has 0 aliphatic carbocycles. The summed E-state index contributed by atoms with van der Waals surface area (Å²) in [4.78, 5) is 0. The summed E-state index contributed by atoms with van der Waals surface area (Å²) in [6.07, 6.45) is 0. The SMILES string of the molecule is CC(C)(C)c1c[c]c(F)cc1. The zero-order valence-electron chi connectivity index (χ0n) is 7.11. The predicted molar refractivity (Wildman–Crippen MR) is 43.9 cm³/mol. The van der Waals surface area contributed by atoms with Gasteiger partial charge in [-0.15, -0.1) is 0 Å². The van der Waals surface area contributed by atoms with E-state index in [2.05, 4.69) is 26.8 Å². The first-order chi connectivity index (χ1) is 5.00. The first kappa shape index (κ1) is 8.25. The fourth-order valence-corrected chi connectivity index (χ4v) is 0.872. The number of rotatable bonds is 0. The molecule has 1 rings (SSSR count). The van der Waals surface area contributed by atoms with E-state index in [9.17, 15) is 4.39 Å². The highest BCUT2D eigenvalue weighted by molar-refractivity contribution is 5.22. The Bertz CT molecular complexity index is 228. The minimum absolute atomic E-state index is 0.0875. The molecule has 0 fully saturated rings. The van der Waals surface area contributed by atoms with Crippen molar-refractivity contribution >= 4 is 0 Å². The average Bonchev–Trinajstić information content (AvgIpc) is 1.86. The van der Waals surface area contributed by atoms with Gasteiger partial charge in [-0.05, 0) is 23.1 Å². The van der Waals surface area contributed by atoms with E-state index < -0.39 is 0 Å². The van der Waals surface area contributed by atoms with Crippen molar-refractivity contribution in [1.82, 2.24) is 0 Å². The van der Waals surface area contributed by atoms with Gasteiger partial charge in [-0.25, -0.2) is 4.39 Å². The van der Waals surface area contributed by atoms with Gasteiger partial charge in [0.15, 0.2) is 0 Å². The standard InChI is InChI=1S/C10H12F/c1-10(2,3)8-4-6-9(11)7-5-8/h4-6H,1-3H3. The monoisotopic (exact) mass is 151 g/mol. The largest absolute Gasteiger partial charge is 0.206 e. The molecule has 1 radical (unpaired) electrons. The summed E-state index contributed by atoms with van der Waals surface area (Å²) in [7, 11) is 0. The van der Waals surface area contributed by atoms with Crippen LogP contribution in [0.1, 0.15) is 26.3 Å². The molecule has 0 spiro atoms. The molecule has 0 aromatic heterocycles. The zero-order valence-corrected chi connectivity index (χ0v) is 7.11. The first-order valence-electron chi connectivity index (χ1n) is 3.68. The van der Waals surface area contributed by atoms with E-state index in [1.165, 1.54) is 6.07 Å².